The topological polar surface area (TPSA) is 20.3 Å². The molecule has 0 unspecified atom stereocenters. The van der Waals surface area contributed by atoms with Crippen LogP contribution in [-0.2, 0) is 6.42 Å². The predicted molar refractivity (Wildman–Crippen MR) is 89.3 cm³/mol. The smallest absolute Gasteiger partial charge is 0.193 e. The number of carbonyl (C=O) groups excluding carboxylic acids is 1. The first-order chi connectivity index (χ1) is 10.1. The standard InChI is InChI=1S/C19H23NO/c1-4-5-6-15-7-9-16(10-8-15)19(21)17-11-13-18(14-12-17)20(2)3/h7-14H,4-6H2,1-3H3. The molecule has 2 aromatic carbocycles. The molecule has 0 spiro atoms. The number of ketones is 1. The van der Waals surface area contributed by atoms with Crippen LogP contribution in [0.5, 0.6) is 0 Å². The van der Waals surface area contributed by atoms with Gasteiger partial charge in [0.2, 0.25) is 0 Å². The van der Waals surface area contributed by atoms with Gasteiger partial charge in [-0.25, -0.2) is 0 Å². The number of unbranched alkanes of at least 4 members (excludes halogenated alkanes) is 1. The van der Waals surface area contributed by atoms with E-state index in [0.29, 0.717) is 0 Å². The van der Waals surface area contributed by atoms with Crippen molar-refractivity contribution < 1.29 is 4.79 Å². The minimum atomic E-state index is 0.0855. The third kappa shape index (κ3) is 3.94. The molecule has 0 heterocycles. The van der Waals surface area contributed by atoms with Crippen molar-refractivity contribution in [3.8, 4) is 0 Å². The zero-order valence-electron chi connectivity index (χ0n) is 13.1. The molecule has 110 valence electrons. The Bertz CT molecular complexity index is 582. The van der Waals surface area contributed by atoms with Crippen LogP contribution in [0.2, 0.25) is 0 Å². The Morgan fingerprint density at radius 2 is 1.43 bits per heavy atom. The molecular weight excluding hydrogens is 258 g/mol. The zero-order chi connectivity index (χ0) is 15.2. The minimum Gasteiger partial charge on any atom is -0.378 e. The molecule has 0 fully saturated rings. The summed E-state index contributed by atoms with van der Waals surface area (Å²) in [5, 5.41) is 0. The molecule has 21 heavy (non-hydrogen) atoms. The molecule has 0 aliphatic rings. The number of hydrogen-bond acceptors (Lipinski definition) is 2. The van der Waals surface area contributed by atoms with E-state index in [1.165, 1.54) is 18.4 Å². The Hall–Kier alpha value is -2.09. The SMILES string of the molecule is CCCCc1ccc(C(=O)c2ccc(N(C)C)cc2)cc1. The molecule has 0 atom stereocenters. The van der Waals surface area contributed by atoms with Crippen molar-refractivity contribution in [2.45, 2.75) is 26.2 Å². The van der Waals surface area contributed by atoms with Gasteiger partial charge in [0.1, 0.15) is 0 Å². The molecule has 0 aromatic heterocycles. The van der Waals surface area contributed by atoms with E-state index in [4.69, 9.17) is 0 Å². The maximum atomic E-state index is 12.4. The van der Waals surface area contributed by atoms with Gasteiger partial charge >= 0.3 is 0 Å². The van der Waals surface area contributed by atoms with E-state index in [1.807, 2.05) is 55.4 Å². The summed E-state index contributed by atoms with van der Waals surface area (Å²) in [5.41, 5.74) is 3.90. The third-order valence-corrected chi connectivity index (χ3v) is 3.68. The molecule has 2 rings (SSSR count). The quantitative estimate of drug-likeness (QED) is 0.735. The Morgan fingerprint density at radius 3 is 1.90 bits per heavy atom. The molecule has 2 heteroatoms. The minimum absolute atomic E-state index is 0.0855. The van der Waals surface area contributed by atoms with E-state index >= 15 is 0 Å². The second kappa shape index (κ2) is 7.07. The van der Waals surface area contributed by atoms with Gasteiger partial charge in [0.05, 0.1) is 0 Å². The average molecular weight is 281 g/mol. The van der Waals surface area contributed by atoms with Crippen molar-refractivity contribution in [1.29, 1.82) is 0 Å². The summed E-state index contributed by atoms with van der Waals surface area (Å²) < 4.78 is 0. The van der Waals surface area contributed by atoms with Gasteiger partial charge in [-0.3, -0.25) is 4.79 Å². The number of rotatable bonds is 6. The van der Waals surface area contributed by atoms with Crippen LogP contribution in [0.3, 0.4) is 0 Å². The molecular formula is C19H23NO. The van der Waals surface area contributed by atoms with Crippen LogP contribution in [0, 0.1) is 0 Å². The lowest BCUT2D eigenvalue weighted by molar-refractivity contribution is 0.103. The van der Waals surface area contributed by atoms with Gasteiger partial charge in [-0.05, 0) is 42.7 Å². The Morgan fingerprint density at radius 1 is 0.905 bits per heavy atom. The number of aryl methyl sites for hydroxylation is 1. The lowest BCUT2D eigenvalue weighted by Gasteiger charge is -2.12. The molecule has 2 aromatic rings. The molecule has 2 nitrogen and oxygen atoms in total. The summed E-state index contributed by atoms with van der Waals surface area (Å²) in [5.74, 6) is 0.0855. The monoisotopic (exact) mass is 281 g/mol. The van der Waals surface area contributed by atoms with Crippen LogP contribution in [0.25, 0.3) is 0 Å². The summed E-state index contributed by atoms with van der Waals surface area (Å²) in [6, 6.07) is 15.7. The van der Waals surface area contributed by atoms with Crippen LogP contribution in [0.15, 0.2) is 48.5 Å². The Balaban J connectivity index is 2.12. The van der Waals surface area contributed by atoms with Crippen molar-refractivity contribution in [2.75, 3.05) is 19.0 Å². The average Bonchev–Trinajstić information content (AvgIpc) is 2.53. The van der Waals surface area contributed by atoms with Crippen LogP contribution in [-0.4, -0.2) is 19.9 Å². The second-order valence-electron chi connectivity index (χ2n) is 5.57. The van der Waals surface area contributed by atoms with Crippen molar-refractivity contribution in [3.05, 3.63) is 65.2 Å². The van der Waals surface area contributed by atoms with Crippen LogP contribution >= 0.6 is 0 Å². The van der Waals surface area contributed by atoms with E-state index < -0.39 is 0 Å². The highest BCUT2D eigenvalue weighted by atomic mass is 16.1. The first-order valence-electron chi connectivity index (χ1n) is 7.53. The highest BCUT2D eigenvalue weighted by Crippen LogP contribution is 2.16. The van der Waals surface area contributed by atoms with E-state index in [2.05, 4.69) is 19.1 Å². The fourth-order valence-corrected chi connectivity index (χ4v) is 2.28. The molecule has 0 radical (unpaired) electrons. The van der Waals surface area contributed by atoms with Crippen LogP contribution in [0.4, 0.5) is 5.69 Å². The fourth-order valence-electron chi connectivity index (χ4n) is 2.28. The molecule has 0 saturated heterocycles. The summed E-state index contributed by atoms with van der Waals surface area (Å²) in [4.78, 5) is 14.5. The largest absolute Gasteiger partial charge is 0.378 e. The molecule has 0 aliphatic heterocycles. The first kappa shape index (κ1) is 15.3. The van der Waals surface area contributed by atoms with Crippen molar-refractivity contribution in [3.63, 3.8) is 0 Å². The van der Waals surface area contributed by atoms with Gasteiger partial charge in [0.25, 0.3) is 0 Å². The number of benzene rings is 2. The third-order valence-electron chi connectivity index (χ3n) is 3.68. The first-order valence-corrected chi connectivity index (χ1v) is 7.53. The lowest BCUT2D eigenvalue weighted by Crippen LogP contribution is -2.09. The number of carbonyl (C=O) groups is 1. The van der Waals surface area contributed by atoms with Crippen molar-refractivity contribution >= 4 is 11.5 Å². The Labute approximate surface area is 127 Å². The summed E-state index contributed by atoms with van der Waals surface area (Å²) >= 11 is 0. The molecule has 0 N–H and O–H groups in total. The van der Waals surface area contributed by atoms with Gasteiger partial charge < -0.3 is 4.90 Å². The van der Waals surface area contributed by atoms with Crippen LogP contribution < -0.4 is 4.90 Å². The van der Waals surface area contributed by atoms with E-state index in [-0.39, 0.29) is 5.78 Å². The number of anilines is 1. The van der Waals surface area contributed by atoms with Crippen molar-refractivity contribution in [2.24, 2.45) is 0 Å². The maximum absolute atomic E-state index is 12.4. The second-order valence-corrected chi connectivity index (χ2v) is 5.57. The van der Waals surface area contributed by atoms with Gasteiger partial charge in [0, 0.05) is 30.9 Å². The van der Waals surface area contributed by atoms with Gasteiger partial charge in [-0.15, -0.1) is 0 Å². The molecule has 0 amide bonds. The highest BCUT2D eigenvalue weighted by molar-refractivity contribution is 6.09. The van der Waals surface area contributed by atoms with Crippen LogP contribution in [0.1, 0.15) is 41.3 Å². The fraction of sp³-hybridized carbons (Fsp3) is 0.316. The van der Waals surface area contributed by atoms with E-state index in [9.17, 15) is 4.79 Å². The number of nitrogens with zero attached hydrogens (tertiary/aromatic N) is 1. The zero-order valence-corrected chi connectivity index (χ0v) is 13.1. The van der Waals surface area contributed by atoms with Gasteiger partial charge in [-0.1, -0.05) is 37.6 Å². The normalized spacial score (nSPS) is 10.4. The van der Waals surface area contributed by atoms with Gasteiger partial charge in [-0.2, -0.15) is 0 Å². The summed E-state index contributed by atoms with van der Waals surface area (Å²) in [6.45, 7) is 2.19. The lowest BCUT2D eigenvalue weighted by atomic mass is 10.0. The summed E-state index contributed by atoms with van der Waals surface area (Å²) in [7, 11) is 3.98. The maximum Gasteiger partial charge on any atom is 0.193 e. The van der Waals surface area contributed by atoms with E-state index in [0.717, 1.165) is 23.2 Å². The summed E-state index contributed by atoms with van der Waals surface area (Å²) in [6.07, 6.45) is 3.47. The predicted octanol–water partition coefficient (Wildman–Crippen LogP) is 4.33. The van der Waals surface area contributed by atoms with Gasteiger partial charge in [0.15, 0.2) is 5.78 Å². The molecule has 0 bridgehead atoms. The highest BCUT2D eigenvalue weighted by Gasteiger charge is 2.09. The number of hydrogen-bond donors (Lipinski definition) is 0. The Kier molecular flexibility index (Phi) is 5.15. The van der Waals surface area contributed by atoms with E-state index in [1.54, 1.807) is 0 Å². The molecule has 0 saturated carbocycles. The van der Waals surface area contributed by atoms with Crippen molar-refractivity contribution in [1.82, 2.24) is 0 Å². The molecule has 0 aliphatic carbocycles.